The summed E-state index contributed by atoms with van der Waals surface area (Å²) in [5.41, 5.74) is 1.53. The zero-order chi connectivity index (χ0) is 13.7. The van der Waals surface area contributed by atoms with Crippen molar-refractivity contribution in [1.29, 1.82) is 0 Å². The highest BCUT2D eigenvalue weighted by molar-refractivity contribution is 7.64. The van der Waals surface area contributed by atoms with Gasteiger partial charge in [0, 0.05) is 7.11 Å². The van der Waals surface area contributed by atoms with Gasteiger partial charge in [-0.2, -0.15) is 0 Å². The molecule has 0 saturated heterocycles. The number of hydrogen-bond acceptors (Lipinski definition) is 2. The highest BCUT2D eigenvalue weighted by atomic mass is 31.2. The summed E-state index contributed by atoms with van der Waals surface area (Å²) >= 11 is 0. The Morgan fingerprint density at radius 2 is 1.58 bits per heavy atom. The van der Waals surface area contributed by atoms with Crippen molar-refractivity contribution >= 4 is 19.0 Å². The Bertz CT molecular complexity index is 606. The molecule has 19 heavy (non-hydrogen) atoms. The van der Waals surface area contributed by atoms with Gasteiger partial charge >= 0.3 is 7.60 Å². The SMILES string of the molecule is COP(=O)(O)/C(=C/c1ccccc1)c1ccccc1. The van der Waals surface area contributed by atoms with Crippen LogP contribution in [0.1, 0.15) is 11.1 Å². The number of benzene rings is 2. The zero-order valence-electron chi connectivity index (χ0n) is 10.6. The molecule has 2 aromatic carbocycles. The second-order valence-corrected chi connectivity index (χ2v) is 5.90. The third-order valence-corrected chi connectivity index (χ3v) is 4.22. The smallest absolute Gasteiger partial charge is 0.321 e. The summed E-state index contributed by atoms with van der Waals surface area (Å²) in [7, 11) is -2.57. The third kappa shape index (κ3) is 3.42. The molecule has 3 nitrogen and oxygen atoms in total. The Kier molecular flexibility index (Phi) is 4.33. The predicted octanol–water partition coefficient (Wildman–Crippen LogP) is 4.02. The largest absolute Gasteiger partial charge is 0.359 e. The van der Waals surface area contributed by atoms with Crippen LogP contribution in [0.4, 0.5) is 0 Å². The molecule has 0 saturated carbocycles. The van der Waals surface area contributed by atoms with Gasteiger partial charge in [-0.15, -0.1) is 0 Å². The number of hydrogen-bond donors (Lipinski definition) is 1. The lowest BCUT2D eigenvalue weighted by Gasteiger charge is -2.13. The van der Waals surface area contributed by atoms with Crippen LogP contribution < -0.4 is 0 Å². The molecule has 0 radical (unpaired) electrons. The summed E-state index contributed by atoms with van der Waals surface area (Å²) in [6.07, 6.45) is 1.68. The van der Waals surface area contributed by atoms with Crippen LogP contribution in [0.5, 0.6) is 0 Å². The first kappa shape index (κ1) is 13.8. The molecule has 2 rings (SSSR count). The molecule has 4 heteroatoms. The average molecular weight is 274 g/mol. The van der Waals surface area contributed by atoms with E-state index in [1.165, 1.54) is 7.11 Å². The van der Waals surface area contributed by atoms with Crippen LogP contribution in [0.15, 0.2) is 60.7 Å². The number of rotatable bonds is 4. The molecule has 0 aliphatic rings. The first-order chi connectivity index (χ1) is 9.13. The average Bonchev–Trinajstić information content (AvgIpc) is 2.46. The van der Waals surface area contributed by atoms with Gasteiger partial charge < -0.3 is 9.42 Å². The highest BCUT2D eigenvalue weighted by Gasteiger charge is 2.25. The molecule has 0 aromatic heterocycles. The fraction of sp³-hybridized carbons (Fsp3) is 0.0667. The van der Waals surface area contributed by atoms with E-state index in [2.05, 4.69) is 0 Å². The lowest BCUT2D eigenvalue weighted by atomic mass is 10.1. The predicted molar refractivity (Wildman–Crippen MR) is 77.6 cm³/mol. The molecular weight excluding hydrogens is 259 g/mol. The lowest BCUT2D eigenvalue weighted by molar-refractivity contribution is 0.329. The van der Waals surface area contributed by atoms with Gasteiger partial charge in [-0.05, 0) is 17.2 Å². The van der Waals surface area contributed by atoms with E-state index < -0.39 is 7.60 Å². The summed E-state index contributed by atoms with van der Waals surface area (Å²) in [6.45, 7) is 0. The van der Waals surface area contributed by atoms with Crippen molar-refractivity contribution in [2.24, 2.45) is 0 Å². The van der Waals surface area contributed by atoms with Crippen molar-refractivity contribution in [1.82, 2.24) is 0 Å². The molecule has 2 aromatic rings. The summed E-state index contributed by atoms with van der Waals surface area (Å²) in [4.78, 5) is 9.96. The molecule has 0 heterocycles. The van der Waals surface area contributed by atoms with Crippen molar-refractivity contribution in [2.75, 3.05) is 7.11 Å². The van der Waals surface area contributed by atoms with Gasteiger partial charge in [-0.3, -0.25) is 4.57 Å². The van der Waals surface area contributed by atoms with Gasteiger partial charge in [0.15, 0.2) is 0 Å². The molecule has 0 aliphatic heterocycles. The Labute approximate surface area is 112 Å². The van der Waals surface area contributed by atoms with E-state index in [0.717, 1.165) is 5.56 Å². The minimum atomic E-state index is -3.81. The molecule has 0 bridgehead atoms. The standard InChI is InChI=1S/C15H15O3P/c1-18-19(16,17)15(14-10-6-3-7-11-14)12-13-8-4-2-5-9-13/h2-12H,1H3,(H,16,17)/b15-12+. The van der Waals surface area contributed by atoms with Crippen molar-refractivity contribution in [3.05, 3.63) is 71.8 Å². The highest BCUT2D eigenvalue weighted by Crippen LogP contribution is 2.55. The van der Waals surface area contributed by atoms with Gasteiger partial charge in [-0.1, -0.05) is 60.7 Å². The maximum Gasteiger partial charge on any atom is 0.359 e. The van der Waals surface area contributed by atoms with Crippen LogP contribution in [0, 0.1) is 0 Å². The topological polar surface area (TPSA) is 46.5 Å². The second kappa shape index (κ2) is 5.98. The normalized spacial score (nSPS) is 14.9. The molecule has 0 spiro atoms. The Balaban J connectivity index is 2.54. The van der Waals surface area contributed by atoms with E-state index in [0.29, 0.717) is 10.9 Å². The fourth-order valence-corrected chi connectivity index (χ4v) is 2.73. The molecule has 0 fully saturated rings. The zero-order valence-corrected chi connectivity index (χ0v) is 11.5. The second-order valence-electron chi connectivity index (χ2n) is 4.01. The van der Waals surface area contributed by atoms with Crippen molar-refractivity contribution in [3.8, 4) is 0 Å². The van der Waals surface area contributed by atoms with Gasteiger partial charge in [0.25, 0.3) is 0 Å². The maximum atomic E-state index is 12.2. The Morgan fingerprint density at radius 1 is 1.05 bits per heavy atom. The molecule has 1 unspecified atom stereocenters. The van der Waals surface area contributed by atoms with Crippen LogP contribution in [-0.4, -0.2) is 12.0 Å². The fourth-order valence-electron chi connectivity index (χ4n) is 1.74. The minimum absolute atomic E-state index is 0.293. The maximum absolute atomic E-state index is 12.2. The molecule has 98 valence electrons. The Morgan fingerprint density at radius 3 is 2.11 bits per heavy atom. The van der Waals surface area contributed by atoms with Crippen LogP contribution in [0.3, 0.4) is 0 Å². The van der Waals surface area contributed by atoms with Crippen LogP contribution >= 0.6 is 7.60 Å². The van der Waals surface area contributed by atoms with Crippen molar-refractivity contribution in [2.45, 2.75) is 0 Å². The molecule has 1 atom stereocenters. The van der Waals surface area contributed by atoms with Crippen molar-refractivity contribution < 1.29 is 14.0 Å². The quantitative estimate of drug-likeness (QED) is 0.676. The van der Waals surface area contributed by atoms with E-state index in [1.54, 1.807) is 18.2 Å². The van der Waals surface area contributed by atoms with Gasteiger partial charge in [-0.25, -0.2) is 0 Å². The summed E-state index contributed by atoms with van der Waals surface area (Å²) < 4.78 is 16.9. The third-order valence-electron chi connectivity index (χ3n) is 2.72. The summed E-state index contributed by atoms with van der Waals surface area (Å²) in [5.74, 6) is 0. The van der Waals surface area contributed by atoms with E-state index in [9.17, 15) is 9.46 Å². The van der Waals surface area contributed by atoms with Crippen molar-refractivity contribution in [3.63, 3.8) is 0 Å². The molecular formula is C15H15O3P. The summed E-state index contributed by atoms with van der Waals surface area (Å²) in [6, 6.07) is 18.5. The molecule has 0 amide bonds. The van der Waals surface area contributed by atoms with E-state index in [4.69, 9.17) is 4.52 Å². The van der Waals surface area contributed by atoms with Crippen LogP contribution in [0.2, 0.25) is 0 Å². The van der Waals surface area contributed by atoms with Gasteiger partial charge in [0.2, 0.25) is 0 Å². The Hall–Kier alpha value is -1.67. The van der Waals surface area contributed by atoms with E-state index in [-0.39, 0.29) is 0 Å². The van der Waals surface area contributed by atoms with Crippen LogP contribution in [0.25, 0.3) is 11.4 Å². The first-order valence-corrected chi connectivity index (χ1v) is 7.42. The molecule has 1 N–H and O–H groups in total. The lowest BCUT2D eigenvalue weighted by Crippen LogP contribution is -1.90. The minimum Gasteiger partial charge on any atom is -0.321 e. The van der Waals surface area contributed by atoms with Gasteiger partial charge in [0.1, 0.15) is 0 Å². The summed E-state index contributed by atoms with van der Waals surface area (Å²) in [5, 5.41) is 0.293. The van der Waals surface area contributed by atoms with E-state index >= 15 is 0 Å². The molecule has 0 aliphatic carbocycles. The van der Waals surface area contributed by atoms with Gasteiger partial charge in [0.05, 0.1) is 5.31 Å². The first-order valence-electron chi connectivity index (χ1n) is 5.85. The van der Waals surface area contributed by atoms with E-state index in [1.807, 2.05) is 48.5 Å². The monoisotopic (exact) mass is 274 g/mol. The van der Waals surface area contributed by atoms with Crippen LogP contribution in [-0.2, 0) is 9.09 Å².